The Morgan fingerprint density at radius 3 is 2.30 bits per heavy atom. The summed E-state index contributed by atoms with van der Waals surface area (Å²) in [5.74, 6) is -0.0992. The van der Waals surface area contributed by atoms with Gasteiger partial charge in [0.15, 0.2) is 0 Å². The molecule has 0 radical (unpaired) electrons. The molecule has 33 heavy (non-hydrogen) atoms. The number of benzene rings is 1. The van der Waals surface area contributed by atoms with E-state index in [9.17, 15) is 26.4 Å². The first-order chi connectivity index (χ1) is 15.5. The Kier molecular flexibility index (Phi) is 9.95. The van der Waals surface area contributed by atoms with E-state index in [4.69, 9.17) is 4.74 Å². The minimum atomic E-state index is -4.32. The van der Waals surface area contributed by atoms with Gasteiger partial charge in [0.1, 0.15) is 17.3 Å². The van der Waals surface area contributed by atoms with Gasteiger partial charge in [0.05, 0.1) is 7.11 Å². The van der Waals surface area contributed by atoms with Crippen molar-refractivity contribution < 1.29 is 35.9 Å². The maximum atomic E-state index is 13.0. The van der Waals surface area contributed by atoms with Crippen LogP contribution in [-0.2, 0) is 14.8 Å². The van der Waals surface area contributed by atoms with E-state index in [2.05, 4.69) is 9.64 Å². The lowest BCUT2D eigenvalue weighted by molar-refractivity contribution is -0.174. The molecule has 1 amide bonds. The van der Waals surface area contributed by atoms with Crippen LogP contribution >= 0.6 is 0 Å². The summed E-state index contributed by atoms with van der Waals surface area (Å²) in [6, 6.07) is 4.40. The highest BCUT2D eigenvalue weighted by atomic mass is 32.2. The van der Waals surface area contributed by atoms with Crippen molar-refractivity contribution in [2.75, 3.05) is 66.1 Å². The molecule has 12 heteroatoms. The van der Waals surface area contributed by atoms with E-state index < -0.39 is 22.8 Å². The second-order valence-corrected chi connectivity index (χ2v) is 9.52. The zero-order valence-corrected chi connectivity index (χ0v) is 20.0. The van der Waals surface area contributed by atoms with Crippen LogP contribution in [0.2, 0.25) is 0 Å². The molecule has 1 aliphatic heterocycles. The fourth-order valence-corrected chi connectivity index (χ4v) is 5.29. The van der Waals surface area contributed by atoms with Gasteiger partial charge in [-0.2, -0.15) is 17.5 Å². The van der Waals surface area contributed by atoms with Crippen molar-refractivity contribution >= 4 is 15.9 Å². The van der Waals surface area contributed by atoms with Gasteiger partial charge in [0, 0.05) is 58.0 Å². The maximum absolute atomic E-state index is 13.0. The summed E-state index contributed by atoms with van der Waals surface area (Å²) in [6.07, 6.45) is -3.85. The van der Waals surface area contributed by atoms with Gasteiger partial charge in [-0.25, -0.2) is 8.42 Å². The van der Waals surface area contributed by atoms with Gasteiger partial charge in [-0.1, -0.05) is 13.8 Å². The lowest BCUT2D eigenvalue weighted by Crippen LogP contribution is -2.49. The SMILES string of the molecule is CCN(CC)S(=O)(=O)c1cc(C(=O)N2CCN(CCCOCC(F)(F)F)CC2)ccc1OC. The number of amides is 1. The third kappa shape index (κ3) is 7.56. The van der Waals surface area contributed by atoms with Gasteiger partial charge in [-0.3, -0.25) is 9.69 Å². The predicted molar refractivity (Wildman–Crippen MR) is 117 cm³/mol. The third-order valence-corrected chi connectivity index (χ3v) is 7.49. The maximum Gasteiger partial charge on any atom is 0.411 e. The number of ether oxygens (including phenoxy) is 2. The number of halogens is 3. The number of alkyl halides is 3. The molecular weight excluding hydrogens is 463 g/mol. The average Bonchev–Trinajstić information content (AvgIpc) is 2.78. The molecule has 8 nitrogen and oxygen atoms in total. The van der Waals surface area contributed by atoms with Crippen LogP contribution in [0.1, 0.15) is 30.6 Å². The summed E-state index contributed by atoms with van der Waals surface area (Å²) in [5.41, 5.74) is 0.260. The summed E-state index contributed by atoms with van der Waals surface area (Å²) in [5, 5.41) is 0. The molecular formula is C21H32F3N3O5S. The van der Waals surface area contributed by atoms with E-state index in [1.165, 1.54) is 23.5 Å². The summed E-state index contributed by atoms with van der Waals surface area (Å²) in [6.45, 7) is 5.45. The highest BCUT2D eigenvalue weighted by Crippen LogP contribution is 2.28. The van der Waals surface area contributed by atoms with Crippen molar-refractivity contribution in [3.8, 4) is 5.75 Å². The van der Waals surface area contributed by atoms with Crippen molar-refractivity contribution in [2.24, 2.45) is 0 Å². The quantitative estimate of drug-likeness (QED) is 0.439. The number of rotatable bonds is 11. The lowest BCUT2D eigenvalue weighted by Gasteiger charge is -2.34. The Labute approximate surface area is 193 Å². The first-order valence-electron chi connectivity index (χ1n) is 10.9. The van der Waals surface area contributed by atoms with Crippen molar-refractivity contribution in [3.05, 3.63) is 23.8 Å². The fourth-order valence-electron chi connectivity index (χ4n) is 3.65. The van der Waals surface area contributed by atoms with E-state index in [-0.39, 0.29) is 28.7 Å². The number of piperazine rings is 1. The van der Waals surface area contributed by atoms with Crippen LogP contribution in [0.5, 0.6) is 5.75 Å². The molecule has 0 aromatic heterocycles. The van der Waals surface area contributed by atoms with Crippen LogP contribution in [0.4, 0.5) is 13.2 Å². The minimum absolute atomic E-state index is 0.0221. The monoisotopic (exact) mass is 495 g/mol. The molecule has 188 valence electrons. The average molecular weight is 496 g/mol. The molecule has 1 saturated heterocycles. The molecule has 1 fully saturated rings. The summed E-state index contributed by atoms with van der Waals surface area (Å²) in [4.78, 5) is 16.7. The molecule has 1 aromatic rings. The summed E-state index contributed by atoms with van der Waals surface area (Å²) >= 11 is 0. The van der Waals surface area contributed by atoms with Gasteiger partial charge in [-0.05, 0) is 24.6 Å². The minimum Gasteiger partial charge on any atom is -0.495 e. The second kappa shape index (κ2) is 12.0. The Hall–Kier alpha value is -1.89. The molecule has 0 N–H and O–H groups in total. The van der Waals surface area contributed by atoms with Crippen LogP contribution < -0.4 is 4.74 Å². The lowest BCUT2D eigenvalue weighted by atomic mass is 10.1. The number of methoxy groups -OCH3 is 1. The highest BCUT2D eigenvalue weighted by molar-refractivity contribution is 7.89. The Bertz CT molecular complexity index is 884. The zero-order chi connectivity index (χ0) is 24.6. The first kappa shape index (κ1) is 27.4. The van der Waals surface area contributed by atoms with E-state index in [0.717, 1.165) is 0 Å². The van der Waals surface area contributed by atoms with Crippen molar-refractivity contribution in [2.45, 2.75) is 31.3 Å². The van der Waals surface area contributed by atoms with Crippen LogP contribution in [0.25, 0.3) is 0 Å². The molecule has 0 atom stereocenters. The van der Waals surface area contributed by atoms with Gasteiger partial charge in [0.25, 0.3) is 5.91 Å². The molecule has 1 aromatic carbocycles. The Balaban J connectivity index is 1.98. The van der Waals surface area contributed by atoms with Crippen LogP contribution in [0, 0.1) is 0 Å². The molecule has 1 heterocycles. The number of carbonyl (C=O) groups excluding carboxylic acids is 1. The molecule has 1 aliphatic rings. The third-order valence-electron chi connectivity index (χ3n) is 5.42. The Morgan fingerprint density at radius 1 is 1.12 bits per heavy atom. The summed E-state index contributed by atoms with van der Waals surface area (Å²) < 4.78 is 73.4. The largest absolute Gasteiger partial charge is 0.495 e. The molecule has 0 spiro atoms. The smallest absolute Gasteiger partial charge is 0.411 e. The number of hydrogen-bond donors (Lipinski definition) is 0. The number of nitrogens with zero attached hydrogens (tertiary/aromatic N) is 3. The second-order valence-electron chi connectivity index (χ2n) is 7.61. The van der Waals surface area contributed by atoms with Crippen molar-refractivity contribution in [1.29, 1.82) is 0 Å². The van der Waals surface area contributed by atoms with E-state index in [0.29, 0.717) is 52.2 Å². The van der Waals surface area contributed by atoms with Crippen LogP contribution in [0.15, 0.2) is 23.1 Å². The van der Waals surface area contributed by atoms with Gasteiger partial charge >= 0.3 is 6.18 Å². The fraction of sp³-hybridized carbons (Fsp3) is 0.667. The van der Waals surface area contributed by atoms with Gasteiger partial charge < -0.3 is 14.4 Å². The molecule has 2 rings (SSSR count). The predicted octanol–water partition coefficient (Wildman–Crippen LogP) is 2.45. The van der Waals surface area contributed by atoms with Crippen LogP contribution in [-0.4, -0.2) is 101 Å². The highest BCUT2D eigenvalue weighted by Gasteiger charge is 2.29. The van der Waals surface area contributed by atoms with E-state index in [1.807, 2.05) is 0 Å². The van der Waals surface area contributed by atoms with E-state index >= 15 is 0 Å². The normalized spacial score (nSPS) is 15.8. The topological polar surface area (TPSA) is 79.4 Å². The standard InChI is InChI=1S/C21H32F3N3O5S/c1-4-27(5-2)33(29,30)19-15-17(7-8-18(19)31-3)20(28)26-12-10-25(11-13-26)9-6-14-32-16-21(22,23)24/h7-8,15H,4-6,9-14,16H2,1-3H3. The molecule has 0 aliphatic carbocycles. The number of sulfonamides is 1. The molecule has 0 bridgehead atoms. The summed E-state index contributed by atoms with van der Waals surface area (Å²) in [7, 11) is -2.44. The molecule has 0 unspecified atom stereocenters. The number of carbonyl (C=O) groups is 1. The van der Waals surface area contributed by atoms with Crippen molar-refractivity contribution in [1.82, 2.24) is 14.1 Å². The van der Waals surface area contributed by atoms with Gasteiger partial charge in [0.2, 0.25) is 10.0 Å². The zero-order valence-electron chi connectivity index (χ0n) is 19.2. The van der Waals surface area contributed by atoms with Crippen LogP contribution in [0.3, 0.4) is 0 Å². The molecule has 0 saturated carbocycles. The van der Waals surface area contributed by atoms with E-state index in [1.54, 1.807) is 24.8 Å². The van der Waals surface area contributed by atoms with Crippen molar-refractivity contribution in [3.63, 3.8) is 0 Å². The first-order valence-corrected chi connectivity index (χ1v) is 12.3. The Morgan fingerprint density at radius 2 is 1.76 bits per heavy atom. The van der Waals surface area contributed by atoms with Gasteiger partial charge in [-0.15, -0.1) is 0 Å². The number of hydrogen-bond acceptors (Lipinski definition) is 6.